The predicted octanol–water partition coefficient (Wildman–Crippen LogP) is 8.94. The highest BCUT2D eigenvalue weighted by molar-refractivity contribution is 8.01. The molecule has 274 valence electrons. The molecule has 0 radical (unpaired) electrons. The molecular weight excluding hydrogens is 686 g/mol. The summed E-state index contributed by atoms with van der Waals surface area (Å²) in [4.78, 5) is 26.9. The van der Waals surface area contributed by atoms with Gasteiger partial charge in [0.15, 0.2) is 0 Å². The molecule has 5 aromatic carbocycles. The van der Waals surface area contributed by atoms with Gasteiger partial charge in [0, 0.05) is 11.8 Å². The van der Waals surface area contributed by atoms with Crippen molar-refractivity contribution in [3.63, 3.8) is 0 Å². The van der Waals surface area contributed by atoms with E-state index in [0.29, 0.717) is 37.1 Å². The quantitative estimate of drug-likeness (QED) is 0.0958. The molecule has 0 saturated carbocycles. The Bertz CT molecular complexity index is 1870. The molecule has 0 bridgehead atoms. The van der Waals surface area contributed by atoms with E-state index in [1.165, 1.54) is 35.9 Å². The monoisotopic (exact) mass is 731 g/mol. The van der Waals surface area contributed by atoms with Gasteiger partial charge in [-0.3, -0.25) is 0 Å². The fourth-order valence-corrected chi connectivity index (χ4v) is 8.70. The van der Waals surface area contributed by atoms with Crippen molar-refractivity contribution in [2.24, 2.45) is 0 Å². The van der Waals surface area contributed by atoms with Crippen LogP contribution in [-0.4, -0.2) is 48.6 Å². The summed E-state index contributed by atoms with van der Waals surface area (Å²) in [6.07, 6.45) is 0.769. The van der Waals surface area contributed by atoms with Crippen LogP contribution in [0.4, 0.5) is 4.39 Å². The summed E-state index contributed by atoms with van der Waals surface area (Å²) in [6, 6.07) is 42.9. The van der Waals surface area contributed by atoms with Gasteiger partial charge in [-0.2, -0.15) is 0 Å². The summed E-state index contributed by atoms with van der Waals surface area (Å²) in [6.45, 7) is 6.15. The lowest BCUT2D eigenvalue weighted by Crippen LogP contribution is -2.47. The number of aryl methyl sites for hydroxylation is 2. The fraction of sp³-hybridized carbons (Fsp3) is 0.289. The zero-order valence-electron chi connectivity index (χ0n) is 30.6. The molecule has 0 amide bonds. The minimum Gasteiger partial charge on any atom is -0.477 e. The molecule has 0 aromatic heterocycles. The molecule has 1 N–H and O–H groups in total. The van der Waals surface area contributed by atoms with Crippen molar-refractivity contribution >= 4 is 23.7 Å². The maximum atomic E-state index is 13.9. The van der Waals surface area contributed by atoms with E-state index in [2.05, 4.69) is 78.1 Å². The van der Waals surface area contributed by atoms with Gasteiger partial charge in [0.05, 0.1) is 23.5 Å². The standard InChI is InChI=1S/C45H46FNO5S/c1-44(2,3)52-43(49)41(51-37-27-24-32(39(28-37)42(48)50-4)23-20-31-21-25-36(46)26-22-31)40-29-38(30-47-40)53-45(33-14-8-5-9-15-33,34-16-10-6-11-17-34)35-18-12-7-13-19-35/h5-19,21-22,24-28,38,40-41,47H,20,23,29-30H2,1-4H3/t38-,40-,41?/m0/s1. The summed E-state index contributed by atoms with van der Waals surface area (Å²) in [5.74, 6) is -0.930. The van der Waals surface area contributed by atoms with Gasteiger partial charge in [-0.15, -0.1) is 11.8 Å². The van der Waals surface area contributed by atoms with Gasteiger partial charge in [-0.25, -0.2) is 14.0 Å². The molecule has 1 unspecified atom stereocenters. The lowest BCUT2D eigenvalue weighted by molar-refractivity contribution is -0.164. The van der Waals surface area contributed by atoms with E-state index in [4.69, 9.17) is 14.2 Å². The van der Waals surface area contributed by atoms with Gasteiger partial charge < -0.3 is 19.5 Å². The van der Waals surface area contributed by atoms with E-state index in [1.54, 1.807) is 24.3 Å². The molecule has 8 heteroatoms. The van der Waals surface area contributed by atoms with Gasteiger partial charge in [0.1, 0.15) is 17.2 Å². The van der Waals surface area contributed by atoms with Crippen molar-refractivity contribution in [1.29, 1.82) is 0 Å². The molecule has 1 aliphatic heterocycles. The third kappa shape index (κ3) is 9.18. The second kappa shape index (κ2) is 16.8. The first-order valence-corrected chi connectivity index (χ1v) is 18.9. The lowest BCUT2D eigenvalue weighted by atomic mass is 9.84. The van der Waals surface area contributed by atoms with Crippen LogP contribution in [-0.2, 0) is 31.9 Å². The van der Waals surface area contributed by atoms with E-state index < -0.39 is 28.4 Å². The number of hydrogen-bond acceptors (Lipinski definition) is 7. The maximum Gasteiger partial charge on any atom is 0.349 e. The van der Waals surface area contributed by atoms with Crippen LogP contribution in [0.25, 0.3) is 0 Å². The van der Waals surface area contributed by atoms with Gasteiger partial charge in [0.2, 0.25) is 6.10 Å². The van der Waals surface area contributed by atoms with Gasteiger partial charge in [0.25, 0.3) is 0 Å². The average Bonchev–Trinajstić information content (AvgIpc) is 3.64. The number of rotatable bonds is 13. The molecule has 1 fully saturated rings. The molecule has 1 aliphatic rings. The van der Waals surface area contributed by atoms with E-state index in [0.717, 1.165) is 11.1 Å². The second-order valence-electron chi connectivity index (χ2n) is 14.3. The number of methoxy groups -OCH3 is 1. The minimum absolute atomic E-state index is 0.0913. The maximum absolute atomic E-state index is 13.9. The van der Waals surface area contributed by atoms with E-state index in [-0.39, 0.29) is 17.1 Å². The van der Waals surface area contributed by atoms with Crippen LogP contribution in [0.1, 0.15) is 65.4 Å². The van der Waals surface area contributed by atoms with Crippen molar-refractivity contribution in [3.8, 4) is 5.75 Å². The molecule has 1 saturated heterocycles. The first kappa shape index (κ1) is 37.8. The van der Waals surface area contributed by atoms with Crippen LogP contribution in [0.5, 0.6) is 5.75 Å². The SMILES string of the molecule is COC(=O)c1cc(OC(C(=O)OC(C)(C)C)[C@@H]2C[C@H](SC(c3ccccc3)(c3ccccc3)c3ccccc3)CN2)ccc1CCc1ccc(F)cc1. The molecule has 5 aromatic rings. The highest BCUT2D eigenvalue weighted by Crippen LogP contribution is 2.51. The Hall–Kier alpha value is -4.92. The van der Waals surface area contributed by atoms with Crippen LogP contribution >= 0.6 is 11.8 Å². The molecule has 0 spiro atoms. The number of esters is 2. The Kier molecular flexibility index (Phi) is 12.0. The van der Waals surface area contributed by atoms with Crippen LogP contribution in [0.15, 0.2) is 133 Å². The Morgan fingerprint density at radius 2 is 1.36 bits per heavy atom. The van der Waals surface area contributed by atoms with Crippen molar-refractivity contribution in [3.05, 3.63) is 173 Å². The first-order valence-electron chi connectivity index (χ1n) is 18.0. The summed E-state index contributed by atoms with van der Waals surface area (Å²) >= 11 is 1.87. The van der Waals surface area contributed by atoms with Crippen LogP contribution in [0.2, 0.25) is 0 Å². The Morgan fingerprint density at radius 3 is 1.89 bits per heavy atom. The van der Waals surface area contributed by atoms with Crippen molar-refractivity contribution in [1.82, 2.24) is 5.32 Å². The second-order valence-corrected chi connectivity index (χ2v) is 15.8. The number of carbonyl (C=O) groups is 2. The highest BCUT2D eigenvalue weighted by Gasteiger charge is 2.44. The van der Waals surface area contributed by atoms with Gasteiger partial charge >= 0.3 is 11.9 Å². The number of thioether (sulfide) groups is 1. The van der Waals surface area contributed by atoms with E-state index in [1.807, 2.05) is 56.8 Å². The number of nitrogens with one attached hydrogen (secondary N) is 1. The predicted molar refractivity (Wildman–Crippen MR) is 209 cm³/mol. The molecular formula is C45H46FNO5S. The van der Waals surface area contributed by atoms with Crippen LogP contribution in [0, 0.1) is 5.82 Å². The van der Waals surface area contributed by atoms with E-state index >= 15 is 0 Å². The third-order valence-electron chi connectivity index (χ3n) is 9.36. The Labute approximate surface area is 316 Å². The Balaban J connectivity index is 1.29. The number of benzene rings is 5. The van der Waals surface area contributed by atoms with Gasteiger partial charge in [-0.05, 0) is 92.1 Å². The smallest absolute Gasteiger partial charge is 0.349 e. The Morgan fingerprint density at radius 1 is 0.792 bits per heavy atom. The molecule has 0 aliphatic carbocycles. The fourth-order valence-electron chi connectivity index (χ4n) is 6.90. The van der Waals surface area contributed by atoms with Crippen molar-refractivity contribution < 1.29 is 28.2 Å². The van der Waals surface area contributed by atoms with Crippen LogP contribution in [0.3, 0.4) is 0 Å². The zero-order chi connectivity index (χ0) is 37.4. The molecule has 53 heavy (non-hydrogen) atoms. The molecule has 1 heterocycles. The number of halogens is 1. The zero-order valence-corrected chi connectivity index (χ0v) is 31.4. The molecule has 6 rings (SSSR count). The summed E-state index contributed by atoms with van der Waals surface area (Å²) in [7, 11) is 1.34. The molecule has 6 nitrogen and oxygen atoms in total. The normalized spacial score (nSPS) is 16.5. The van der Waals surface area contributed by atoms with E-state index in [9.17, 15) is 14.0 Å². The van der Waals surface area contributed by atoms with Crippen LogP contribution < -0.4 is 10.1 Å². The molecule has 3 atom stereocenters. The number of hydrogen-bond donors (Lipinski definition) is 1. The topological polar surface area (TPSA) is 73.9 Å². The number of ether oxygens (including phenoxy) is 3. The summed E-state index contributed by atoms with van der Waals surface area (Å²) in [5.41, 5.74) is 4.82. The summed E-state index contributed by atoms with van der Waals surface area (Å²) in [5, 5.41) is 3.70. The van der Waals surface area contributed by atoms with Gasteiger partial charge in [-0.1, -0.05) is 109 Å². The number of carbonyl (C=O) groups excluding carboxylic acids is 2. The first-order chi connectivity index (χ1) is 25.6. The summed E-state index contributed by atoms with van der Waals surface area (Å²) < 4.78 is 30.5. The van der Waals surface area contributed by atoms with Crippen molar-refractivity contribution in [2.45, 2.75) is 67.8 Å². The van der Waals surface area contributed by atoms with Crippen molar-refractivity contribution in [2.75, 3.05) is 13.7 Å². The largest absolute Gasteiger partial charge is 0.477 e. The minimum atomic E-state index is -0.991. The third-order valence-corrected chi connectivity index (χ3v) is 11.1. The average molecular weight is 732 g/mol. The highest BCUT2D eigenvalue weighted by atomic mass is 32.2. The lowest BCUT2D eigenvalue weighted by Gasteiger charge is -2.37.